The Hall–Kier alpha value is -1.00. The number of likely N-dealkylation sites (tertiary alicyclic amines) is 1. The molecule has 1 heterocycles. The summed E-state index contributed by atoms with van der Waals surface area (Å²) in [5.74, 6) is 0.581. The van der Waals surface area contributed by atoms with E-state index >= 15 is 0 Å². The van der Waals surface area contributed by atoms with Crippen LogP contribution in [0.5, 0.6) is 0 Å². The number of nitrogens with one attached hydrogen (secondary N) is 1. The molecule has 1 N–H and O–H groups in total. The highest BCUT2D eigenvalue weighted by Crippen LogP contribution is 2.36. The monoisotopic (exact) mass is 280 g/mol. The summed E-state index contributed by atoms with van der Waals surface area (Å²) < 4.78 is 25.3. The van der Waals surface area contributed by atoms with Crippen molar-refractivity contribution in [2.45, 2.75) is 37.8 Å². The van der Waals surface area contributed by atoms with E-state index in [4.69, 9.17) is 0 Å². The summed E-state index contributed by atoms with van der Waals surface area (Å²) in [6.45, 7) is 2.12. The third-order valence-electron chi connectivity index (χ3n) is 4.55. The molecule has 2 nitrogen and oxygen atoms in total. The zero-order chi connectivity index (χ0) is 14.1. The van der Waals surface area contributed by atoms with Crippen molar-refractivity contribution in [1.29, 1.82) is 0 Å². The minimum Gasteiger partial charge on any atom is -0.314 e. The van der Waals surface area contributed by atoms with Crippen molar-refractivity contribution in [3.05, 3.63) is 35.4 Å². The fourth-order valence-corrected chi connectivity index (χ4v) is 3.21. The maximum Gasteiger partial charge on any atom is 0.263 e. The van der Waals surface area contributed by atoms with E-state index < -0.39 is 6.43 Å². The Morgan fingerprint density at radius 1 is 1.20 bits per heavy atom. The summed E-state index contributed by atoms with van der Waals surface area (Å²) >= 11 is 0. The van der Waals surface area contributed by atoms with Gasteiger partial charge in [0.05, 0.1) is 0 Å². The standard InChI is InChI=1S/C16H22F2N2/c1-20-9-8-13(10-19-14-6-7-14)15(20)11-2-4-12(5-3-11)16(17)18/h2-5,13-16,19H,6-10H2,1H3. The van der Waals surface area contributed by atoms with Gasteiger partial charge >= 0.3 is 0 Å². The number of rotatable bonds is 5. The lowest BCUT2D eigenvalue weighted by Crippen LogP contribution is -2.29. The van der Waals surface area contributed by atoms with Gasteiger partial charge in [0, 0.05) is 24.2 Å². The van der Waals surface area contributed by atoms with Crippen LogP contribution in [-0.4, -0.2) is 31.1 Å². The van der Waals surface area contributed by atoms with Gasteiger partial charge in [-0.15, -0.1) is 0 Å². The van der Waals surface area contributed by atoms with Gasteiger partial charge in [0.25, 0.3) is 6.43 Å². The molecular formula is C16H22F2N2. The summed E-state index contributed by atoms with van der Waals surface area (Å²) in [5.41, 5.74) is 1.28. The average Bonchev–Trinajstić information content (AvgIpc) is 3.20. The van der Waals surface area contributed by atoms with E-state index in [1.165, 1.54) is 19.3 Å². The van der Waals surface area contributed by atoms with E-state index in [9.17, 15) is 8.78 Å². The van der Waals surface area contributed by atoms with Gasteiger partial charge in [-0.25, -0.2) is 8.78 Å². The molecule has 1 aliphatic carbocycles. The molecule has 1 saturated heterocycles. The first kappa shape index (κ1) is 14.0. The second-order valence-corrected chi connectivity index (χ2v) is 6.12. The van der Waals surface area contributed by atoms with Crippen LogP contribution in [0.4, 0.5) is 8.78 Å². The molecule has 4 heteroatoms. The minimum atomic E-state index is -2.38. The van der Waals surface area contributed by atoms with E-state index in [1.54, 1.807) is 12.1 Å². The third kappa shape index (κ3) is 3.01. The Labute approximate surface area is 119 Å². The van der Waals surface area contributed by atoms with Crippen LogP contribution < -0.4 is 5.32 Å². The molecule has 2 aliphatic rings. The van der Waals surface area contributed by atoms with Crippen molar-refractivity contribution in [2.24, 2.45) is 5.92 Å². The molecule has 0 aromatic heterocycles. The number of hydrogen-bond donors (Lipinski definition) is 1. The SMILES string of the molecule is CN1CCC(CNC2CC2)C1c1ccc(C(F)F)cc1. The van der Waals surface area contributed by atoms with Crippen LogP contribution in [0.2, 0.25) is 0 Å². The first-order valence-corrected chi connectivity index (χ1v) is 7.47. The van der Waals surface area contributed by atoms with E-state index in [-0.39, 0.29) is 5.56 Å². The number of alkyl halides is 2. The molecule has 1 saturated carbocycles. The molecular weight excluding hydrogens is 258 g/mol. The minimum absolute atomic E-state index is 0.113. The second-order valence-electron chi connectivity index (χ2n) is 6.12. The van der Waals surface area contributed by atoms with Crippen LogP contribution in [-0.2, 0) is 0 Å². The maximum absolute atomic E-state index is 12.6. The quantitative estimate of drug-likeness (QED) is 0.889. The van der Waals surface area contributed by atoms with Gasteiger partial charge in [-0.1, -0.05) is 24.3 Å². The second kappa shape index (κ2) is 5.78. The van der Waals surface area contributed by atoms with Gasteiger partial charge in [0.15, 0.2) is 0 Å². The number of benzene rings is 1. The van der Waals surface area contributed by atoms with E-state index in [0.29, 0.717) is 12.0 Å². The smallest absolute Gasteiger partial charge is 0.263 e. The van der Waals surface area contributed by atoms with Gasteiger partial charge in [0.2, 0.25) is 0 Å². The molecule has 1 aromatic carbocycles. The Morgan fingerprint density at radius 2 is 1.90 bits per heavy atom. The molecule has 2 fully saturated rings. The lowest BCUT2D eigenvalue weighted by atomic mass is 9.93. The summed E-state index contributed by atoms with van der Waals surface area (Å²) in [6.07, 6.45) is 1.40. The van der Waals surface area contributed by atoms with Crippen molar-refractivity contribution in [3.63, 3.8) is 0 Å². The van der Waals surface area contributed by atoms with E-state index in [0.717, 1.165) is 24.7 Å². The first-order valence-electron chi connectivity index (χ1n) is 7.47. The van der Waals surface area contributed by atoms with Crippen LogP contribution in [0, 0.1) is 5.92 Å². The van der Waals surface area contributed by atoms with Crippen LogP contribution in [0.3, 0.4) is 0 Å². The largest absolute Gasteiger partial charge is 0.314 e. The van der Waals surface area contributed by atoms with Crippen LogP contribution in [0.25, 0.3) is 0 Å². The highest BCUT2D eigenvalue weighted by molar-refractivity contribution is 5.27. The Morgan fingerprint density at radius 3 is 2.50 bits per heavy atom. The molecule has 0 bridgehead atoms. The lowest BCUT2D eigenvalue weighted by Gasteiger charge is -2.26. The van der Waals surface area contributed by atoms with Gasteiger partial charge < -0.3 is 5.32 Å². The van der Waals surface area contributed by atoms with Crippen molar-refractivity contribution in [2.75, 3.05) is 20.1 Å². The fourth-order valence-electron chi connectivity index (χ4n) is 3.21. The first-order chi connectivity index (χ1) is 9.65. The van der Waals surface area contributed by atoms with Gasteiger partial charge in [-0.3, -0.25) is 4.90 Å². The zero-order valence-corrected chi connectivity index (χ0v) is 11.9. The molecule has 0 amide bonds. The molecule has 1 aliphatic heterocycles. The van der Waals surface area contributed by atoms with Gasteiger partial charge in [0.1, 0.15) is 0 Å². The highest BCUT2D eigenvalue weighted by Gasteiger charge is 2.34. The average molecular weight is 280 g/mol. The zero-order valence-electron chi connectivity index (χ0n) is 11.9. The summed E-state index contributed by atoms with van der Waals surface area (Å²) in [4.78, 5) is 2.34. The number of halogens is 2. The summed E-state index contributed by atoms with van der Waals surface area (Å²) in [5, 5.41) is 3.60. The maximum atomic E-state index is 12.6. The highest BCUT2D eigenvalue weighted by atomic mass is 19.3. The van der Waals surface area contributed by atoms with Crippen LogP contribution >= 0.6 is 0 Å². The Balaban J connectivity index is 1.70. The summed E-state index contributed by atoms with van der Waals surface area (Å²) in [6, 6.07) is 7.96. The molecule has 1 aromatic rings. The normalized spacial score (nSPS) is 27.4. The van der Waals surface area contributed by atoms with E-state index in [2.05, 4.69) is 17.3 Å². The predicted octanol–water partition coefficient (Wildman–Crippen LogP) is 3.37. The van der Waals surface area contributed by atoms with Gasteiger partial charge in [-0.05, 0) is 44.3 Å². The molecule has 0 radical (unpaired) electrons. The van der Waals surface area contributed by atoms with Crippen molar-refractivity contribution in [1.82, 2.24) is 10.2 Å². The van der Waals surface area contributed by atoms with Crippen molar-refractivity contribution in [3.8, 4) is 0 Å². The van der Waals surface area contributed by atoms with Crippen molar-refractivity contribution >= 4 is 0 Å². The van der Waals surface area contributed by atoms with Gasteiger partial charge in [-0.2, -0.15) is 0 Å². The van der Waals surface area contributed by atoms with Crippen LogP contribution in [0.1, 0.15) is 42.9 Å². The molecule has 2 unspecified atom stereocenters. The number of nitrogens with zero attached hydrogens (tertiary/aromatic N) is 1. The molecule has 20 heavy (non-hydrogen) atoms. The predicted molar refractivity (Wildman–Crippen MR) is 75.9 cm³/mol. The Bertz CT molecular complexity index is 442. The topological polar surface area (TPSA) is 15.3 Å². The molecule has 3 rings (SSSR count). The van der Waals surface area contributed by atoms with Crippen molar-refractivity contribution < 1.29 is 8.78 Å². The summed E-state index contributed by atoms with van der Waals surface area (Å²) in [7, 11) is 2.13. The molecule has 110 valence electrons. The van der Waals surface area contributed by atoms with E-state index in [1.807, 2.05) is 12.1 Å². The lowest BCUT2D eigenvalue weighted by molar-refractivity contribution is 0.151. The fraction of sp³-hybridized carbons (Fsp3) is 0.625. The third-order valence-corrected chi connectivity index (χ3v) is 4.55. The number of hydrogen-bond acceptors (Lipinski definition) is 2. The van der Waals surface area contributed by atoms with Crippen LogP contribution in [0.15, 0.2) is 24.3 Å². The molecule has 0 spiro atoms. The molecule has 2 atom stereocenters. The Kier molecular flexibility index (Phi) is 4.03.